The van der Waals surface area contributed by atoms with Gasteiger partial charge in [-0.1, -0.05) is 29.8 Å². The fourth-order valence-corrected chi connectivity index (χ4v) is 4.68. The van der Waals surface area contributed by atoms with Gasteiger partial charge in [0.2, 0.25) is 0 Å². The predicted octanol–water partition coefficient (Wildman–Crippen LogP) is 4.84. The third kappa shape index (κ3) is 5.82. The second kappa shape index (κ2) is 11.9. The molecule has 1 aromatic heterocycles. The molecular formula is C28H35N3O5. The molecule has 1 saturated heterocycles. The Morgan fingerprint density at radius 3 is 2.47 bits per heavy atom. The number of carbonyl (C=O) groups is 1. The number of rotatable bonds is 10. The molecule has 1 unspecified atom stereocenters. The zero-order valence-electron chi connectivity index (χ0n) is 21.5. The van der Waals surface area contributed by atoms with E-state index in [2.05, 4.69) is 21.4 Å². The van der Waals surface area contributed by atoms with Gasteiger partial charge in [0.25, 0.3) is 5.91 Å². The standard InChI is InChI=1S/C28H35N3O5/c1-19-23(20(2)36-30-19)18-35-26-13-12-21(16-27(26)34-4)28(32)29-17-24(31-14-8-5-9-15-31)22-10-6-7-11-25(22)33-3/h6-7,10-13,16,24H,5,8-9,14-15,17-18H2,1-4H3,(H,29,32). The van der Waals surface area contributed by atoms with Crippen molar-refractivity contribution in [1.82, 2.24) is 15.4 Å². The van der Waals surface area contributed by atoms with Crippen LogP contribution >= 0.6 is 0 Å². The first-order valence-corrected chi connectivity index (χ1v) is 12.4. The molecule has 192 valence electrons. The molecule has 2 aromatic carbocycles. The van der Waals surface area contributed by atoms with Gasteiger partial charge in [-0.05, 0) is 64.0 Å². The lowest BCUT2D eigenvalue weighted by Crippen LogP contribution is -2.40. The minimum absolute atomic E-state index is 0.0324. The van der Waals surface area contributed by atoms with Gasteiger partial charge in [-0.3, -0.25) is 9.69 Å². The number of aryl methyl sites for hydroxylation is 2. The number of nitrogens with zero attached hydrogens (tertiary/aromatic N) is 2. The molecule has 8 heteroatoms. The van der Waals surface area contributed by atoms with Crippen molar-refractivity contribution in [2.75, 3.05) is 33.9 Å². The Labute approximate surface area is 212 Å². The van der Waals surface area contributed by atoms with Crippen LogP contribution in [0.2, 0.25) is 0 Å². The summed E-state index contributed by atoms with van der Waals surface area (Å²) < 4.78 is 22.3. The molecule has 8 nitrogen and oxygen atoms in total. The number of likely N-dealkylation sites (tertiary alicyclic amines) is 1. The highest BCUT2D eigenvalue weighted by atomic mass is 16.5. The number of hydrogen-bond donors (Lipinski definition) is 1. The average Bonchev–Trinajstić information content (AvgIpc) is 3.24. The summed E-state index contributed by atoms with van der Waals surface area (Å²) in [7, 11) is 3.25. The summed E-state index contributed by atoms with van der Waals surface area (Å²) in [6, 6.07) is 13.3. The number of methoxy groups -OCH3 is 2. The van der Waals surface area contributed by atoms with Gasteiger partial charge in [-0.25, -0.2) is 0 Å². The van der Waals surface area contributed by atoms with Gasteiger partial charge in [0.15, 0.2) is 11.5 Å². The van der Waals surface area contributed by atoms with Crippen molar-refractivity contribution in [3.8, 4) is 17.2 Å². The van der Waals surface area contributed by atoms with E-state index >= 15 is 0 Å². The highest BCUT2D eigenvalue weighted by Crippen LogP contribution is 2.32. The molecule has 3 aromatic rings. The van der Waals surface area contributed by atoms with Gasteiger partial charge in [-0.15, -0.1) is 0 Å². The van der Waals surface area contributed by atoms with Crippen LogP contribution in [0, 0.1) is 13.8 Å². The van der Waals surface area contributed by atoms with Crippen LogP contribution < -0.4 is 19.5 Å². The smallest absolute Gasteiger partial charge is 0.251 e. The predicted molar refractivity (Wildman–Crippen MR) is 137 cm³/mol. The Bertz CT molecular complexity index is 1150. The van der Waals surface area contributed by atoms with E-state index in [9.17, 15) is 4.79 Å². The summed E-state index contributed by atoms with van der Waals surface area (Å²) in [6.45, 7) is 6.52. The molecule has 1 atom stereocenters. The van der Waals surface area contributed by atoms with E-state index in [0.29, 0.717) is 30.2 Å². The zero-order valence-corrected chi connectivity index (χ0v) is 21.5. The number of nitrogens with one attached hydrogen (secondary N) is 1. The van der Waals surface area contributed by atoms with Crippen molar-refractivity contribution in [2.45, 2.75) is 45.8 Å². The maximum atomic E-state index is 13.2. The van der Waals surface area contributed by atoms with E-state index in [0.717, 1.165) is 54.3 Å². The zero-order chi connectivity index (χ0) is 25.5. The van der Waals surface area contributed by atoms with Crippen molar-refractivity contribution >= 4 is 5.91 Å². The summed E-state index contributed by atoms with van der Waals surface area (Å²) in [5, 5.41) is 7.09. The SMILES string of the molecule is COc1cc(C(=O)NCC(c2ccccc2OC)N2CCCCC2)ccc1OCc1c(C)noc1C. The van der Waals surface area contributed by atoms with Crippen LogP contribution in [0.3, 0.4) is 0 Å². The van der Waals surface area contributed by atoms with Crippen LogP contribution in [0.1, 0.15) is 58.2 Å². The summed E-state index contributed by atoms with van der Waals surface area (Å²) in [4.78, 5) is 15.6. The van der Waals surface area contributed by atoms with Crippen molar-refractivity contribution in [2.24, 2.45) is 0 Å². The molecule has 1 aliphatic heterocycles. The van der Waals surface area contributed by atoms with Crippen LogP contribution in [0.15, 0.2) is 47.0 Å². The molecule has 0 radical (unpaired) electrons. The number of para-hydroxylation sites is 1. The molecule has 0 spiro atoms. The van der Waals surface area contributed by atoms with Crippen LogP contribution in [-0.2, 0) is 6.61 Å². The third-order valence-electron chi connectivity index (χ3n) is 6.76. The Morgan fingerprint density at radius 1 is 1.03 bits per heavy atom. The van der Waals surface area contributed by atoms with Gasteiger partial charge in [-0.2, -0.15) is 0 Å². The Kier molecular flexibility index (Phi) is 8.48. The number of carbonyl (C=O) groups excluding carboxylic acids is 1. The van der Waals surface area contributed by atoms with Crippen LogP contribution in [0.25, 0.3) is 0 Å². The van der Waals surface area contributed by atoms with E-state index in [1.807, 2.05) is 32.0 Å². The molecule has 4 rings (SSSR count). The van der Waals surface area contributed by atoms with Crippen molar-refractivity contribution in [1.29, 1.82) is 0 Å². The lowest BCUT2D eigenvalue weighted by atomic mass is 10.0. The number of aromatic nitrogens is 1. The fraction of sp³-hybridized carbons (Fsp3) is 0.429. The summed E-state index contributed by atoms with van der Waals surface area (Å²) in [5.41, 5.74) is 3.29. The molecule has 0 saturated carbocycles. The lowest BCUT2D eigenvalue weighted by Gasteiger charge is -2.35. The maximum absolute atomic E-state index is 13.2. The minimum Gasteiger partial charge on any atom is -0.496 e. The molecule has 1 N–H and O–H groups in total. The first-order valence-electron chi connectivity index (χ1n) is 12.4. The second-order valence-electron chi connectivity index (χ2n) is 9.02. The Morgan fingerprint density at radius 2 is 1.78 bits per heavy atom. The van der Waals surface area contributed by atoms with Crippen LogP contribution in [-0.4, -0.2) is 49.8 Å². The molecule has 0 bridgehead atoms. The number of hydrogen-bond acceptors (Lipinski definition) is 7. The van der Waals surface area contributed by atoms with E-state index < -0.39 is 0 Å². The van der Waals surface area contributed by atoms with E-state index in [1.54, 1.807) is 32.4 Å². The number of ether oxygens (including phenoxy) is 3. The van der Waals surface area contributed by atoms with E-state index in [1.165, 1.54) is 6.42 Å². The Hall–Kier alpha value is -3.52. The molecule has 2 heterocycles. The summed E-state index contributed by atoms with van der Waals surface area (Å²) in [5.74, 6) is 2.44. The van der Waals surface area contributed by atoms with Crippen LogP contribution in [0.4, 0.5) is 0 Å². The quantitative estimate of drug-likeness (QED) is 0.432. The van der Waals surface area contributed by atoms with E-state index in [4.69, 9.17) is 18.7 Å². The fourth-order valence-electron chi connectivity index (χ4n) is 4.68. The Balaban J connectivity index is 1.47. The van der Waals surface area contributed by atoms with E-state index in [-0.39, 0.29) is 11.9 Å². The topological polar surface area (TPSA) is 86.1 Å². The molecule has 1 fully saturated rings. The van der Waals surface area contributed by atoms with Crippen molar-refractivity contribution < 1.29 is 23.5 Å². The highest BCUT2D eigenvalue weighted by molar-refractivity contribution is 5.94. The summed E-state index contributed by atoms with van der Waals surface area (Å²) in [6.07, 6.45) is 3.56. The maximum Gasteiger partial charge on any atom is 0.251 e. The van der Waals surface area contributed by atoms with Gasteiger partial charge in [0.1, 0.15) is 18.1 Å². The monoisotopic (exact) mass is 493 g/mol. The van der Waals surface area contributed by atoms with Crippen molar-refractivity contribution in [3.05, 3.63) is 70.6 Å². The van der Waals surface area contributed by atoms with Gasteiger partial charge >= 0.3 is 0 Å². The minimum atomic E-state index is -0.164. The number of amides is 1. The third-order valence-corrected chi connectivity index (χ3v) is 6.76. The molecule has 0 aliphatic carbocycles. The first-order chi connectivity index (χ1) is 17.5. The molecule has 36 heavy (non-hydrogen) atoms. The normalized spacial score (nSPS) is 14.8. The average molecular weight is 494 g/mol. The van der Waals surface area contributed by atoms with Gasteiger partial charge in [0.05, 0.1) is 31.5 Å². The highest BCUT2D eigenvalue weighted by Gasteiger charge is 2.25. The van der Waals surface area contributed by atoms with Crippen LogP contribution in [0.5, 0.6) is 17.2 Å². The largest absolute Gasteiger partial charge is 0.496 e. The molecule has 1 aliphatic rings. The summed E-state index contributed by atoms with van der Waals surface area (Å²) >= 11 is 0. The van der Waals surface area contributed by atoms with Gasteiger partial charge in [0, 0.05) is 17.7 Å². The number of benzene rings is 2. The molecular weight excluding hydrogens is 458 g/mol. The first kappa shape index (κ1) is 25.6. The molecule has 1 amide bonds. The second-order valence-corrected chi connectivity index (χ2v) is 9.02. The number of piperidine rings is 1. The van der Waals surface area contributed by atoms with Crippen molar-refractivity contribution in [3.63, 3.8) is 0 Å². The lowest BCUT2D eigenvalue weighted by molar-refractivity contribution is 0.0922. The van der Waals surface area contributed by atoms with Gasteiger partial charge < -0.3 is 24.1 Å².